The van der Waals surface area contributed by atoms with Crippen LogP contribution in [-0.2, 0) is 0 Å². The van der Waals surface area contributed by atoms with Crippen LogP contribution in [-0.4, -0.2) is 51.9 Å². The van der Waals surface area contributed by atoms with E-state index in [1.807, 2.05) is 29.2 Å². The van der Waals surface area contributed by atoms with E-state index in [1.165, 1.54) is 11.3 Å². The molecule has 1 aliphatic heterocycles. The average Bonchev–Trinajstić information content (AvgIpc) is 3.19. The molecule has 1 aromatic carbocycles. The number of nitrogens with zero attached hydrogens (tertiary/aromatic N) is 5. The fourth-order valence-electron chi connectivity index (χ4n) is 2.92. The molecule has 3 aromatic rings. The summed E-state index contributed by atoms with van der Waals surface area (Å²) < 4.78 is 0. The number of rotatable bonds is 3. The number of piperazine rings is 1. The van der Waals surface area contributed by atoms with E-state index in [-0.39, 0.29) is 5.91 Å². The number of hydrogen-bond donors (Lipinski definition) is 0. The zero-order chi connectivity index (χ0) is 17.9. The lowest BCUT2D eigenvalue weighted by Crippen LogP contribution is -2.49. The standard InChI is InChI=1S/C18H16ClN5OS/c19-13-3-1-2-4-16(13)23-7-9-24(10-8-23)18(25)15-12-26-17(22-15)14-11-20-5-6-21-14/h1-6,11-12H,7-10H2. The molecule has 0 spiro atoms. The van der Waals surface area contributed by atoms with Crippen molar-refractivity contribution in [3.05, 3.63) is 59.0 Å². The molecule has 0 unspecified atom stereocenters. The third-order valence-electron chi connectivity index (χ3n) is 4.27. The van der Waals surface area contributed by atoms with Crippen molar-refractivity contribution < 1.29 is 4.79 Å². The van der Waals surface area contributed by atoms with E-state index < -0.39 is 0 Å². The van der Waals surface area contributed by atoms with Gasteiger partial charge in [0.15, 0.2) is 0 Å². The molecule has 1 aliphatic rings. The quantitative estimate of drug-likeness (QED) is 0.692. The van der Waals surface area contributed by atoms with Gasteiger partial charge in [-0.3, -0.25) is 14.8 Å². The molecule has 1 saturated heterocycles. The first kappa shape index (κ1) is 16.9. The fraction of sp³-hybridized carbons (Fsp3) is 0.222. The number of benzene rings is 1. The molecular formula is C18H16ClN5OS. The van der Waals surface area contributed by atoms with Gasteiger partial charge in [-0.1, -0.05) is 23.7 Å². The molecule has 26 heavy (non-hydrogen) atoms. The number of para-hydroxylation sites is 1. The minimum absolute atomic E-state index is 0.0461. The number of carbonyl (C=O) groups excluding carboxylic acids is 1. The Morgan fingerprint density at radius 3 is 2.65 bits per heavy atom. The van der Waals surface area contributed by atoms with Crippen LogP contribution in [0.3, 0.4) is 0 Å². The second-order valence-electron chi connectivity index (χ2n) is 5.86. The monoisotopic (exact) mass is 385 g/mol. The zero-order valence-corrected chi connectivity index (χ0v) is 15.5. The average molecular weight is 386 g/mol. The van der Waals surface area contributed by atoms with E-state index in [9.17, 15) is 4.79 Å². The summed E-state index contributed by atoms with van der Waals surface area (Å²) in [6, 6.07) is 7.79. The van der Waals surface area contributed by atoms with Crippen molar-refractivity contribution in [2.75, 3.05) is 31.1 Å². The molecule has 4 rings (SSSR count). The first-order chi connectivity index (χ1) is 12.7. The molecule has 0 N–H and O–H groups in total. The van der Waals surface area contributed by atoms with Gasteiger partial charge in [0.1, 0.15) is 16.4 Å². The highest BCUT2D eigenvalue weighted by Crippen LogP contribution is 2.27. The summed E-state index contributed by atoms with van der Waals surface area (Å²) in [4.78, 5) is 29.5. The molecule has 3 heterocycles. The van der Waals surface area contributed by atoms with E-state index in [0.717, 1.165) is 23.8 Å². The molecular weight excluding hydrogens is 370 g/mol. The lowest BCUT2D eigenvalue weighted by atomic mass is 10.2. The summed E-state index contributed by atoms with van der Waals surface area (Å²) in [5.41, 5.74) is 2.15. The largest absolute Gasteiger partial charge is 0.367 e. The molecule has 132 valence electrons. The van der Waals surface area contributed by atoms with Gasteiger partial charge >= 0.3 is 0 Å². The van der Waals surface area contributed by atoms with Crippen molar-refractivity contribution >= 4 is 34.5 Å². The van der Waals surface area contributed by atoms with Gasteiger partial charge in [0.2, 0.25) is 0 Å². The summed E-state index contributed by atoms with van der Waals surface area (Å²) in [7, 11) is 0. The number of thiazole rings is 1. The van der Waals surface area contributed by atoms with E-state index in [4.69, 9.17) is 11.6 Å². The molecule has 0 aliphatic carbocycles. The summed E-state index contributed by atoms with van der Waals surface area (Å²) in [6.07, 6.45) is 4.88. The van der Waals surface area contributed by atoms with Crippen molar-refractivity contribution in [3.63, 3.8) is 0 Å². The maximum atomic E-state index is 12.7. The molecule has 0 bridgehead atoms. The lowest BCUT2D eigenvalue weighted by Gasteiger charge is -2.36. The van der Waals surface area contributed by atoms with Crippen LogP contribution in [0.5, 0.6) is 0 Å². The first-order valence-corrected chi connectivity index (χ1v) is 9.49. The molecule has 6 nitrogen and oxygen atoms in total. The number of carbonyl (C=O) groups is 1. The van der Waals surface area contributed by atoms with Crippen LogP contribution in [0.2, 0.25) is 5.02 Å². The maximum Gasteiger partial charge on any atom is 0.273 e. The number of hydrogen-bond acceptors (Lipinski definition) is 6. The van der Waals surface area contributed by atoms with E-state index in [2.05, 4.69) is 19.9 Å². The van der Waals surface area contributed by atoms with Gasteiger partial charge in [0.25, 0.3) is 5.91 Å². The van der Waals surface area contributed by atoms with Crippen molar-refractivity contribution in [1.82, 2.24) is 19.9 Å². The zero-order valence-electron chi connectivity index (χ0n) is 13.9. The Balaban J connectivity index is 1.43. The lowest BCUT2D eigenvalue weighted by molar-refractivity contribution is 0.0742. The SMILES string of the molecule is O=C(c1csc(-c2cnccn2)n1)N1CCN(c2ccccc2Cl)CC1. The van der Waals surface area contributed by atoms with Gasteiger partial charge < -0.3 is 9.80 Å². The van der Waals surface area contributed by atoms with Crippen molar-refractivity contribution in [3.8, 4) is 10.7 Å². The van der Waals surface area contributed by atoms with Crippen molar-refractivity contribution in [2.45, 2.75) is 0 Å². The molecule has 2 aromatic heterocycles. The molecule has 0 radical (unpaired) electrons. The van der Waals surface area contributed by atoms with Gasteiger partial charge in [0.05, 0.1) is 16.9 Å². The van der Waals surface area contributed by atoms with Crippen LogP contribution >= 0.6 is 22.9 Å². The highest BCUT2D eigenvalue weighted by molar-refractivity contribution is 7.13. The Bertz CT molecular complexity index is 909. The third-order valence-corrected chi connectivity index (χ3v) is 5.45. The van der Waals surface area contributed by atoms with Crippen LogP contribution in [0.4, 0.5) is 5.69 Å². The molecule has 1 amide bonds. The van der Waals surface area contributed by atoms with Crippen LogP contribution in [0, 0.1) is 0 Å². The van der Waals surface area contributed by atoms with Crippen LogP contribution in [0.1, 0.15) is 10.5 Å². The minimum atomic E-state index is -0.0461. The van der Waals surface area contributed by atoms with Crippen molar-refractivity contribution in [1.29, 1.82) is 0 Å². The van der Waals surface area contributed by atoms with E-state index in [1.54, 1.807) is 24.0 Å². The Kier molecular flexibility index (Phi) is 4.81. The number of anilines is 1. The number of halogens is 1. The second-order valence-corrected chi connectivity index (χ2v) is 7.12. The topological polar surface area (TPSA) is 62.2 Å². The number of amides is 1. The smallest absolute Gasteiger partial charge is 0.273 e. The van der Waals surface area contributed by atoms with Gasteiger partial charge in [0, 0.05) is 44.0 Å². The Labute approximate surface area is 160 Å². The summed E-state index contributed by atoms with van der Waals surface area (Å²) in [5.74, 6) is -0.0461. The normalized spacial score (nSPS) is 14.5. The number of aromatic nitrogens is 3. The first-order valence-electron chi connectivity index (χ1n) is 8.23. The van der Waals surface area contributed by atoms with Gasteiger partial charge in [-0.2, -0.15) is 0 Å². The Hall–Kier alpha value is -2.51. The second kappa shape index (κ2) is 7.39. The van der Waals surface area contributed by atoms with Gasteiger partial charge in [-0.25, -0.2) is 4.98 Å². The Morgan fingerprint density at radius 1 is 1.12 bits per heavy atom. The maximum absolute atomic E-state index is 12.7. The van der Waals surface area contributed by atoms with Gasteiger partial charge in [-0.15, -0.1) is 11.3 Å². The van der Waals surface area contributed by atoms with Gasteiger partial charge in [-0.05, 0) is 12.1 Å². The predicted octanol–water partition coefficient (Wildman–Crippen LogP) is 3.22. The molecule has 1 fully saturated rings. The van der Waals surface area contributed by atoms with Crippen LogP contribution in [0.25, 0.3) is 10.7 Å². The minimum Gasteiger partial charge on any atom is -0.367 e. The van der Waals surface area contributed by atoms with Crippen LogP contribution in [0.15, 0.2) is 48.2 Å². The summed E-state index contributed by atoms with van der Waals surface area (Å²) in [5, 5.41) is 3.23. The molecule has 0 saturated carbocycles. The summed E-state index contributed by atoms with van der Waals surface area (Å²) in [6.45, 7) is 2.78. The van der Waals surface area contributed by atoms with Crippen molar-refractivity contribution in [2.24, 2.45) is 0 Å². The van der Waals surface area contributed by atoms with E-state index >= 15 is 0 Å². The highest BCUT2D eigenvalue weighted by Gasteiger charge is 2.25. The molecule has 8 heteroatoms. The third kappa shape index (κ3) is 3.40. The van der Waals surface area contributed by atoms with E-state index in [0.29, 0.717) is 29.5 Å². The van der Waals surface area contributed by atoms with Crippen LogP contribution < -0.4 is 4.90 Å². The fourth-order valence-corrected chi connectivity index (χ4v) is 3.93. The Morgan fingerprint density at radius 2 is 1.92 bits per heavy atom. The highest BCUT2D eigenvalue weighted by atomic mass is 35.5. The predicted molar refractivity (Wildman–Crippen MR) is 103 cm³/mol. The summed E-state index contributed by atoms with van der Waals surface area (Å²) >= 11 is 7.68. The molecule has 0 atom stereocenters.